The van der Waals surface area contributed by atoms with Crippen LogP contribution in [0, 0.1) is 13.8 Å². The van der Waals surface area contributed by atoms with Gasteiger partial charge in [0.15, 0.2) is 6.61 Å². The lowest BCUT2D eigenvalue weighted by molar-refractivity contribution is -0.142. The molecule has 6 heteroatoms. The number of benzene rings is 2. The molecule has 0 aliphatic rings. The first-order valence-corrected chi connectivity index (χ1v) is 8.28. The summed E-state index contributed by atoms with van der Waals surface area (Å²) in [6.07, 6.45) is 2.63. The van der Waals surface area contributed by atoms with Gasteiger partial charge in [0.1, 0.15) is 0 Å². The molecular formula is C19H17Cl2NO3. The fourth-order valence-corrected chi connectivity index (χ4v) is 2.59. The van der Waals surface area contributed by atoms with E-state index in [1.807, 2.05) is 32.0 Å². The minimum absolute atomic E-state index is 0.382. The number of amides is 1. The van der Waals surface area contributed by atoms with E-state index in [9.17, 15) is 9.59 Å². The number of carbonyl (C=O) groups is 2. The highest BCUT2D eigenvalue weighted by Crippen LogP contribution is 2.25. The Bertz CT molecular complexity index is 811. The summed E-state index contributed by atoms with van der Waals surface area (Å²) in [6.45, 7) is 3.43. The summed E-state index contributed by atoms with van der Waals surface area (Å²) in [7, 11) is 0. The molecular weight excluding hydrogens is 361 g/mol. The van der Waals surface area contributed by atoms with Gasteiger partial charge < -0.3 is 10.1 Å². The predicted octanol–water partition coefficient (Wildman–Crippen LogP) is 4.81. The van der Waals surface area contributed by atoms with E-state index in [-0.39, 0.29) is 6.61 Å². The second-order valence-electron chi connectivity index (χ2n) is 5.44. The van der Waals surface area contributed by atoms with Gasteiger partial charge in [-0.2, -0.15) is 0 Å². The molecule has 0 saturated heterocycles. The monoisotopic (exact) mass is 377 g/mol. The Morgan fingerprint density at radius 1 is 1.12 bits per heavy atom. The fourth-order valence-electron chi connectivity index (χ4n) is 2.06. The van der Waals surface area contributed by atoms with Crippen LogP contribution >= 0.6 is 23.2 Å². The Morgan fingerprint density at radius 2 is 1.80 bits per heavy atom. The molecule has 0 unspecified atom stereocenters. The Balaban J connectivity index is 1.90. The lowest BCUT2D eigenvalue weighted by Crippen LogP contribution is -2.20. The van der Waals surface area contributed by atoms with Crippen LogP contribution in [0.2, 0.25) is 10.0 Å². The summed E-state index contributed by atoms with van der Waals surface area (Å²) in [5, 5.41) is 3.56. The molecule has 25 heavy (non-hydrogen) atoms. The van der Waals surface area contributed by atoms with Crippen LogP contribution in [0.5, 0.6) is 0 Å². The van der Waals surface area contributed by atoms with E-state index in [1.165, 1.54) is 12.2 Å². The normalized spacial score (nSPS) is 10.7. The number of esters is 1. The van der Waals surface area contributed by atoms with Crippen molar-refractivity contribution in [2.75, 3.05) is 11.9 Å². The average Bonchev–Trinajstić information content (AvgIpc) is 2.56. The molecule has 2 aromatic carbocycles. The van der Waals surface area contributed by atoms with Gasteiger partial charge in [0.2, 0.25) is 0 Å². The van der Waals surface area contributed by atoms with E-state index >= 15 is 0 Å². The number of carbonyl (C=O) groups excluding carboxylic acids is 2. The molecule has 0 aliphatic heterocycles. The van der Waals surface area contributed by atoms with Gasteiger partial charge in [-0.15, -0.1) is 0 Å². The highest BCUT2D eigenvalue weighted by atomic mass is 35.5. The van der Waals surface area contributed by atoms with E-state index < -0.39 is 11.9 Å². The van der Waals surface area contributed by atoms with Gasteiger partial charge in [0.25, 0.3) is 5.91 Å². The predicted molar refractivity (Wildman–Crippen MR) is 101 cm³/mol. The van der Waals surface area contributed by atoms with Gasteiger partial charge in [0, 0.05) is 27.4 Å². The van der Waals surface area contributed by atoms with Crippen molar-refractivity contribution in [2.24, 2.45) is 0 Å². The Kier molecular flexibility index (Phi) is 6.62. The number of nitrogens with one attached hydrogen (secondary N) is 1. The summed E-state index contributed by atoms with van der Waals surface area (Å²) in [6, 6.07) is 10.8. The molecule has 0 aromatic heterocycles. The first kappa shape index (κ1) is 19.0. The standard InChI is InChI=1S/C19H17Cl2NO3/c1-12-6-7-13(2)17(10-12)22-18(23)11-25-19(24)9-8-14-15(20)4-3-5-16(14)21/h3-10H,11H2,1-2H3,(H,22,23)/b9-8+. The van der Waals surface area contributed by atoms with Gasteiger partial charge in [0.05, 0.1) is 0 Å². The zero-order chi connectivity index (χ0) is 18.4. The molecule has 0 spiro atoms. The van der Waals surface area contributed by atoms with Crippen LogP contribution in [0.1, 0.15) is 16.7 Å². The third kappa shape index (κ3) is 5.62. The van der Waals surface area contributed by atoms with Gasteiger partial charge in [-0.05, 0) is 49.2 Å². The zero-order valence-corrected chi connectivity index (χ0v) is 15.3. The van der Waals surface area contributed by atoms with Crippen molar-refractivity contribution in [1.82, 2.24) is 0 Å². The van der Waals surface area contributed by atoms with Crippen LogP contribution < -0.4 is 5.32 Å². The molecule has 1 N–H and O–H groups in total. The van der Waals surface area contributed by atoms with Crippen LogP contribution in [0.3, 0.4) is 0 Å². The van der Waals surface area contributed by atoms with E-state index in [0.29, 0.717) is 21.3 Å². The second-order valence-corrected chi connectivity index (χ2v) is 6.26. The molecule has 0 heterocycles. The van der Waals surface area contributed by atoms with Crippen LogP contribution in [0.25, 0.3) is 6.08 Å². The topological polar surface area (TPSA) is 55.4 Å². The van der Waals surface area contributed by atoms with Crippen molar-refractivity contribution in [3.63, 3.8) is 0 Å². The first-order valence-electron chi connectivity index (χ1n) is 7.53. The Labute approximate surface area is 156 Å². The minimum Gasteiger partial charge on any atom is -0.452 e. The molecule has 4 nitrogen and oxygen atoms in total. The number of hydrogen-bond acceptors (Lipinski definition) is 3. The number of anilines is 1. The van der Waals surface area contributed by atoms with Gasteiger partial charge in [-0.25, -0.2) is 4.79 Å². The SMILES string of the molecule is Cc1ccc(C)c(NC(=O)COC(=O)/C=C/c2c(Cl)cccc2Cl)c1. The van der Waals surface area contributed by atoms with Gasteiger partial charge in [-0.3, -0.25) is 4.79 Å². The third-order valence-electron chi connectivity index (χ3n) is 3.40. The zero-order valence-electron chi connectivity index (χ0n) is 13.8. The van der Waals surface area contributed by atoms with Crippen molar-refractivity contribution in [3.8, 4) is 0 Å². The van der Waals surface area contributed by atoms with Crippen LogP contribution in [0.4, 0.5) is 5.69 Å². The summed E-state index contributed by atoms with van der Waals surface area (Å²) in [5.74, 6) is -1.07. The maximum absolute atomic E-state index is 11.9. The summed E-state index contributed by atoms with van der Waals surface area (Å²) >= 11 is 12.0. The van der Waals surface area contributed by atoms with E-state index in [0.717, 1.165) is 11.1 Å². The number of aryl methyl sites for hydroxylation is 2. The Hall–Kier alpha value is -2.30. The van der Waals surface area contributed by atoms with Gasteiger partial charge >= 0.3 is 5.97 Å². The van der Waals surface area contributed by atoms with Gasteiger partial charge in [-0.1, -0.05) is 41.4 Å². The number of rotatable bonds is 5. The molecule has 1 amide bonds. The van der Waals surface area contributed by atoms with Crippen molar-refractivity contribution in [3.05, 3.63) is 69.2 Å². The molecule has 0 atom stereocenters. The average molecular weight is 378 g/mol. The van der Waals surface area contributed by atoms with E-state index in [2.05, 4.69) is 5.32 Å². The summed E-state index contributed by atoms with van der Waals surface area (Å²) < 4.78 is 4.92. The van der Waals surface area contributed by atoms with Crippen LogP contribution in [-0.4, -0.2) is 18.5 Å². The molecule has 130 valence electrons. The molecule has 2 rings (SSSR count). The third-order valence-corrected chi connectivity index (χ3v) is 4.06. The quantitative estimate of drug-likeness (QED) is 0.600. The fraction of sp³-hybridized carbons (Fsp3) is 0.158. The van der Waals surface area contributed by atoms with Crippen LogP contribution in [-0.2, 0) is 14.3 Å². The first-order chi connectivity index (χ1) is 11.9. The smallest absolute Gasteiger partial charge is 0.331 e. The highest BCUT2D eigenvalue weighted by molar-refractivity contribution is 6.37. The van der Waals surface area contributed by atoms with Crippen molar-refractivity contribution < 1.29 is 14.3 Å². The molecule has 0 radical (unpaired) electrons. The van der Waals surface area contributed by atoms with Crippen molar-refractivity contribution in [1.29, 1.82) is 0 Å². The number of halogens is 2. The lowest BCUT2D eigenvalue weighted by Gasteiger charge is -2.09. The molecule has 0 fully saturated rings. The minimum atomic E-state index is -0.660. The molecule has 0 aliphatic carbocycles. The maximum Gasteiger partial charge on any atom is 0.331 e. The van der Waals surface area contributed by atoms with Crippen molar-refractivity contribution in [2.45, 2.75) is 13.8 Å². The lowest BCUT2D eigenvalue weighted by atomic mass is 10.1. The molecule has 0 bridgehead atoms. The largest absolute Gasteiger partial charge is 0.452 e. The molecule has 2 aromatic rings. The Morgan fingerprint density at radius 3 is 2.48 bits per heavy atom. The summed E-state index contributed by atoms with van der Waals surface area (Å²) in [4.78, 5) is 23.6. The van der Waals surface area contributed by atoms with Crippen LogP contribution in [0.15, 0.2) is 42.5 Å². The highest BCUT2D eigenvalue weighted by Gasteiger charge is 2.08. The number of hydrogen-bond donors (Lipinski definition) is 1. The van der Waals surface area contributed by atoms with E-state index in [1.54, 1.807) is 18.2 Å². The van der Waals surface area contributed by atoms with Crippen molar-refractivity contribution >= 4 is 46.8 Å². The van der Waals surface area contributed by atoms with E-state index in [4.69, 9.17) is 27.9 Å². The molecule has 0 saturated carbocycles. The number of ether oxygens (including phenoxy) is 1. The summed E-state index contributed by atoms with van der Waals surface area (Å²) in [5.41, 5.74) is 3.16. The maximum atomic E-state index is 11.9. The second kappa shape index (κ2) is 8.70.